The highest BCUT2D eigenvalue weighted by Crippen LogP contribution is 2.16. The van der Waals surface area contributed by atoms with E-state index in [2.05, 4.69) is 48.4 Å². The van der Waals surface area contributed by atoms with E-state index in [0.29, 0.717) is 15.5 Å². The van der Waals surface area contributed by atoms with E-state index in [-0.39, 0.29) is 5.56 Å². The van der Waals surface area contributed by atoms with E-state index in [0.717, 1.165) is 6.42 Å². The molecular weight excluding hydrogens is 356 g/mol. The van der Waals surface area contributed by atoms with E-state index in [1.54, 1.807) is 17.5 Å². The van der Waals surface area contributed by atoms with Gasteiger partial charge in [0.15, 0.2) is 0 Å². The van der Waals surface area contributed by atoms with Gasteiger partial charge in [-0.3, -0.25) is 4.79 Å². The predicted molar refractivity (Wildman–Crippen MR) is 71.9 cm³/mol. The topological polar surface area (TPSA) is 34.9 Å². The standard InChI is InChI=1S/C10H8Br2N2OS/c11-8-5-13-14(10(15)9(8)12)3-1-7-2-4-16-6-7/h2,4-6H,1,3H2. The van der Waals surface area contributed by atoms with Crippen LogP contribution in [0.5, 0.6) is 0 Å². The normalized spacial score (nSPS) is 10.6. The molecule has 3 nitrogen and oxygen atoms in total. The SMILES string of the molecule is O=c1c(Br)c(Br)cnn1CCc1ccsc1. The summed E-state index contributed by atoms with van der Waals surface area (Å²) in [6.07, 6.45) is 2.45. The van der Waals surface area contributed by atoms with Crippen LogP contribution in [-0.2, 0) is 13.0 Å². The molecule has 0 aliphatic carbocycles. The van der Waals surface area contributed by atoms with E-state index < -0.39 is 0 Å². The highest BCUT2D eigenvalue weighted by atomic mass is 79.9. The van der Waals surface area contributed by atoms with Crippen molar-refractivity contribution in [1.29, 1.82) is 0 Å². The molecule has 2 aromatic heterocycles. The third kappa shape index (κ3) is 2.61. The van der Waals surface area contributed by atoms with Crippen molar-refractivity contribution in [3.05, 3.63) is 47.9 Å². The summed E-state index contributed by atoms with van der Waals surface area (Å²) < 4.78 is 2.67. The minimum Gasteiger partial charge on any atom is -0.266 e. The van der Waals surface area contributed by atoms with Crippen molar-refractivity contribution in [3.8, 4) is 0 Å². The second-order valence-electron chi connectivity index (χ2n) is 3.22. The van der Waals surface area contributed by atoms with Crippen molar-refractivity contribution in [1.82, 2.24) is 9.78 Å². The van der Waals surface area contributed by atoms with Gasteiger partial charge in [0.25, 0.3) is 5.56 Å². The number of thiophene rings is 1. The molecule has 2 rings (SSSR count). The van der Waals surface area contributed by atoms with E-state index >= 15 is 0 Å². The van der Waals surface area contributed by atoms with Gasteiger partial charge in [0, 0.05) is 6.54 Å². The van der Waals surface area contributed by atoms with Crippen molar-refractivity contribution in [3.63, 3.8) is 0 Å². The average Bonchev–Trinajstić information content (AvgIpc) is 2.78. The highest BCUT2D eigenvalue weighted by molar-refractivity contribution is 9.13. The summed E-state index contributed by atoms with van der Waals surface area (Å²) in [6.45, 7) is 0.599. The predicted octanol–water partition coefficient (Wildman–Crippen LogP) is 3.07. The minimum atomic E-state index is -0.107. The Morgan fingerprint density at radius 1 is 1.44 bits per heavy atom. The number of aryl methyl sites for hydroxylation is 2. The number of halogens is 2. The molecule has 6 heteroatoms. The zero-order chi connectivity index (χ0) is 11.5. The second kappa shape index (κ2) is 5.25. The quantitative estimate of drug-likeness (QED) is 0.839. The van der Waals surface area contributed by atoms with E-state index in [1.807, 2.05) is 5.38 Å². The van der Waals surface area contributed by atoms with Gasteiger partial charge in [-0.15, -0.1) is 0 Å². The van der Waals surface area contributed by atoms with Gasteiger partial charge in [-0.1, -0.05) is 0 Å². The largest absolute Gasteiger partial charge is 0.282 e. The van der Waals surface area contributed by atoms with E-state index in [9.17, 15) is 4.79 Å². The molecule has 0 amide bonds. The summed E-state index contributed by atoms with van der Waals surface area (Å²) in [5.74, 6) is 0. The first-order valence-electron chi connectivity index (χ1n) is 4.60. The van der Waals surface area contributed by atoms with E-state index in [4.69, 9.17) is 0 Å². The zero-order valence-corrected chi connectivity index (χ0v) is 12.2. The maximum atomic E-state index is 11.8. The lowest BCUT2D eigenvalue weighted by Gasteiger charge is -2.04. The van der Waals surface area contributed by atoms with Gasteiger partial charge in [-0.2, -0.15) is 16.4 Å². The van der Waals surface area contributed by atoms with Crippen LogP contribution < -0.4 is 5.56 Å². The molecule has 0 unspecified atom stereocenters. The van der Waals surface area contributed by atoms with Crippen LogP contribution in [0.4, 0.5) is 0 Å². The molecule has 2 heterocycles. The molecule has 0 fully saturated rings. The Kier molecular flexibility index (Phi) is 3.94. The molecule has 2 aromatic rings. The monoisotopic (exact) mass is 362 g/mol. The molecule has 0 N–H and O–H groups in total. The molecule has 0 bridgehead atoms. The van der Waals surface area contributed by atoms with Gasteiger partial charge < -0.3 is 0 Å². The molecule has 0 aliphatic rings. The molecule has 16 heavy (non-hydrogen) atoms. The van der Waals surface area contributed by atoms with Crippen molar-refractivity contribution in [2.75, 3.05) is 0 Å². The lowest BCUT2D eigenvalue weighted by atomic mass is 10.2. The Bertz CT molecular complexity index is 536. The Morgan fingerprint density at radius 3 is 2.94 bits per heavy atom. The van der Waals surface area contributed by atoms with Crippen LogP contribution in [-0.4, -0.2) is 9.78 Å². The average molecular weight is 364 g/mol. The van der Waals surface area contributed by atoms with Crippen LogP contribution in [0.15, 0.2) is 36.8 Å². The van der Waals surface area contributed by atoms with Crippen LogP contribution in [0.25, 0.3) is 0 Å². The van der Waals surface area contributed by atoms with Crippen LogP contribution in [0, 0.1) is 0 Å². The van der Waals surface area contributed by atoms with Gasteiger partial charge in [0.1, 0.15) is 4.47 Å². The van der Waals surface area contributed by atoms with Gasteiger partial charge in [-0.05, 0) is 60.7 Å². The maximum Gasteiger partial charge on any atom is 0.282 e. The first-order valence-corrected chi connectivity index (χ1v) is 7.13. The zero-order valence-electron chi connectivity index (χ0n) is 8.19. The Balaban J connectivity index is 2.17. The number of nitrogens with zero attached hydrogens (tertiary/aromatic N) is 2. The molecular formula is C10H8Br2N2OS. The Morgan fingerprint density at radius 2 is 2.25 bits per heavy atom. The second-order valence-corrected chi connectivity index (χ2v) is 5.64. The minimum absolute atomic E-state index is 0.107. The van der Waals surface area contributed by atoms with Crippen LogP contribution in [0.2, 0.25) is 0 Å². The molecule has 0 aliphatic heterocycles. The highest BCUT2D eigenvalue weighted by Gasteiger charge is 2.06. The molecule has 0 spiro atoms. The summed E-state index contributed by atoms with van der Waals surface area (Å²) >= 11 is 8.14. The molecule has 0 radical (unpaired) electrons. The smallest absolute Gasteiger partial charge is 0.266 e. The fourth-order valence-electron chi connectivity index (χ4n) is 1.27. The molecule has 84 valence electrons. The fourth-order valence-corrected chi connectivity index (χ4v) is 2.55. The van der Waals surface area contributed by atoms with Crippen molar-refractivity contribution >= 4 is 43.2 Å². The van der Waals surface area contributed by atoms with Gasteiger partial charge >= 0.3 is 0 Å². The molecule has 0 aromatic carbocycles. The van der Waals surface area contributed by atoms with Crippen LogP contribution in [0.3, 0.4) is 0 Å². The number of hydrogen-bond acceptors (Lipinski definition) is 3. The maximum absolute atomic E-state index is 11.8. The summed E-state index contributed by atoms with van der Waals surface area (Å²) in [6, 6.07) is 2.06. The third-order valence-electron chi connectivity index (χ3n) is 2.13. The van der Waals surface area contributed by atoms with Crippen molar-refractivity contribution in [2.24, 2.45) is 0 Å². The first-order chi connectivity index (χ1) is 7.68. The molecule has 0 saturated carbocycles. The number of rotatable bonds is 3. The lowest BCUT2D eigenvalue weighted by Crippen LogP contribution is -2.24. The van der Waals surface area contributed by atoms with Gasteiger partial charge in [0.05, 0.1) is 10.7 Å². The van der Waals surface area contributed by atoms with Crippen molar-refractivity contribution in [2.45, 2.75) is 13.0 Å². The number of hydrogen-bond donors (Lipinski definition) is 0. The molecule has 0 atom stereocenters. The summed E-state index contributed by atoms with van der Waals surface area (Å²) in [5.41, 5.74) is 1.13. The fraction of sp³-hybridized carbons (Fsp3) is 0.200. The lowest BCUT2D eigenvalue weighted by molar-refractivity contribution is 0.574. The first kappa shape index (κ1) is 12.0. The van der Waals surface area contributed by atoms with Crippen LogP contribution in [0.1, 0.15) is 5.56 Å². The van der Waals surface area contributed by atoms with Gasteiger partial charge in [-0.25, -0.2) is 4.68 Å². The number of aromatic nitrogens is 2. The third-order valence-corrected chi connectivity index (χ3v) is 4.77. The van der Waals surface area contributed by atoms with Crippen LogP contribution >= 0.6 is 43.2 Å². The summed E-state index contributed by atoms with van der Waals surface area (Å²) in [7, 11) is 0. The summed E-state index contributed by atoms with van der Waals surface area (Å²) in [4.78, 5) is 11.8. The Hall–Kier alpha value is -0.460. The summed E-state index contributed by atoms with van der Waals surface area (Å²) in [5, 5.41) is 8.18. The molecule has 0 saturated heterocycles. The van der Waals surface area contributed by atoms with E-state index in [1.165, 1.54) is 10.2 Å². The van der Waals surface area contributed by atoms with Crippen molar-refractivity contribution < 1.29 is 0 Å². The van der Waals surface area contributed by atoms with Gasteiger partial charge in [0.2, 0.25) is 0 Å². The Labute approximate surface area is 113 Å².